The largest absolute Gasteiger partial charge is 0.481 e. The SMILES string of the molecule is CNC(=O)c1c(-c2ccc(C)cc2)oc2nc(CN(CCCC(O)C(C)(C)C(=O)O)S(=O)O)c(C3CC3)cc12. The second-order valence-electron chi connectivity index (χ2n) is 10.7. The van der Waals surface area contributed by atoms with Gasteiger partial charge in [0.25, 0.3) is 5.91 Å². The average Bonchev–Trinajstić information content (AvgIpc) is 3.67. The molecule has 0 bridgehead atoms. The lowest BCUT2D eigenvalue weighted by molar-refractivity contribution is -0.153. The third-order valence-electron chi connectivity index (χ3n) is 7.40. The fourth-order valence-corrected chi connectivity index (χ4v) is 5.07. The zero-order valence-corrected chi connectivity index (χ0v) is 23.4. The number of fused-ring (bicyclic) bond motifs is 1. The van der Waals surface area contributed by atoms with E-state index >= 15 is 0 Å². The van der Waals surface area contributed by atoms with Gasteiger partial charge in [0, 0.05) is 19.2 Å². The van der Waals surface area contributed by atoms with E-state index in [4.69, 9.17) is 9.40 Å². The van der Waals surface area contributed by atoms with Crippen LogP contribution in [0, 0.1) is 12.3 Å². The highest BCUT2D eigenvalue weighted by molar-refractivity contribution is 7.76. The number of carboxylic acids is 1. The Morgan fingerprint density at radius 1 is 1.26 bits per heavy atom. The molecule has 1 saturated carbocycles. The Kier molecular flexibility index (Phi) is 8.55. The number of nitrogens with zero attached hydrogens (tertiary/aromatic N) is 2. The molecule has 2 heterocycles. The number of rotatable bonds is 12. The molecule has 0 spiro atoms. The number of hydrogen-bond donors (Lipinski definition) is 4. The standard InChI is InChI=1S/C28H35N3O7S/c1-16-7-9-18(10-8-16)24-23(25(33)29-4)20-14-19(17-11-12-17)21(30-26(20)38-24)15-31(39(36)37)13-5-6-22(32)28(2,3)27(34)35/h7-10,14,17,22,32H,5-6,11-13,15H2,1-4H3,(H,29,33)(H,34,35)(H,36,37). The van der Waals surface area contributed by atoms with Crippen LogP contribution in [0.5, 0.6) is 0 Å². The van der Waals surface area contributed by atoms with Crippen molar-refractivity contribution in [1.29, 1.82) is 0 Å². The van der Waals surface area contributed by atoms with Gasteiger partial charge >= 0.3 is 5.97 Å². The van der Waals surface area contributed by atoms with E-state index in [1.54, 1.807) is 7.05 Å². The number of aliphatic carboxylic acids is 1. The summed E-state index contributed by atoms with van der Waals surface area (Å²) in [5.41, 5.74) is 2.65. The molecular formula is C28H35N3O7S. The van der Waals surface area contributed by atoms with E-state index in [9.17, 15) is 28.6 Å². The van der Waals surface area contributed by atoms with Gasteiger partial charge in [-0.25, -0.2) is 9.19 Å². The molecule has 0 radical (unpaired) electrons. The van der Waals surface area contributed by atoms with Crippen molar-refractivity contribution in [2.75, 3.05) is 13.6 Å². The van der Waals surface area contributed by atoms with Crippen molar-refractivity contribution in [3.63, 3.8) is 0 Å². The quantitative estimate of drug-likeness (QED) is 0.241. The van der Waals surface area contributed by atoms with Gasteiger partial charge in [0.2, 0.25) is 17.0 Å². The van der Waals surface area contributed by atoms with Gasteiger partial charge in [-0.05, 0) is 64.0 Å². The molecule has 1 fully saturated rings. The van der Waals surface area contributed by atoms with Gasteiger partial charge in [-0.15, -0.1) is 0 Å². The monoisotopic (exact) mass is 557 g/mol. The predicted octanol–water partition coefficient (Wildman–Crippen LogP) is 4.23. The third-order valence-corrected chi connectivity index (χ3v) is 8.15. The molecule has 1 aromatic carbocycles. The van der Waals surface area contributed by atoms with E-state index in [-0.39, 0.29) is 37.0 Å². The molecule has 2 unspecified atom stereocenters. The molecular weight excluding hydrogens is 522 g/mol. The molecule has 4 N–H and O–H groups in total. The summed E-state index contributed by atoms with van der Waals surface area (Å²) < 4.78 is 29.7. The second-order valence-corrected chi connectivity index (χ2v) is 11.7. The van der Waals surface area contributed by atoms with Crippen LogP contribution in [0.3, 0.4) is 0 Å². The van der Waals surface area contributed by atoms with Crippen LogP contribution in [0.1, 0.15) is 72.6 Å². The van der Waals surface area contributed by atoms with E-state index in [0.29, 0.717) is 28.8 Å². The first kappa shape index (κ1) is 28.9. The number of carboxylic acid groups (broad SMARTS) is 1. The van der Waals surface area contributed by atoms with Gasteiger partial charge in [0.1, 0.15) is 5.76 Å². The average molecular weight is 558 g/mol. The predicted molar refractivity (Wildman–Crippen MR) is 147 cm³/mol. The maximum Gasteiger partial charge on any atom is 0.311 e. The maximum atomic E-state index is 12.9. The summed E-state index contributed by atoms with van der Waals surface area (Å²) in [5, 5.41) is 23.0. The minimum atomic E-state index is -2.32. The van der Waals surface area contributed by atoms with E-state index in [0.717, 1.165) is 29.5 Å². The molecule has 4 rings (SSSR count). The molecule has 11 heteroatoms. The lowest BCUT2D eigenvalue weighted by atomic mass is 9.84. The van der Waals surface area contributed by atoms with Crippen LogP contribution in [0.2, 0.25) is 0 Å². The highest BCUT2D eigenvalue weighted by Gasteiger charge is 2.36. The molecule has 0 aliphatic heterocycles. The zero-order chi connectivity index (χ0) is 28.5. The smallest absolute Gasteiger partial charge is 0.311 e. The van der Waals surface area contributed by atoms with Crippen molar-refractivity contribution >= 4 is 34.2 Å². The Balaban J connectivity index is 1.66. The van der Waals surface area contributed by atoms with Crippen LogP contribution in [-0.2, 0) is 22.6 Å². The van der Waals surface area contributed by atoms with Gasteiger partial charge in [-0.3, -0.25) is 14.1 Å². The van der Waals surface area contributed by atoms with Gasteiger partial charge in [-0.1, -0.05) is 29.8 Å². The van der Waals surface area contributed by atoms with Gasteiger partial charge in [0.15, 0.2) is 0 Å². The Labute approximate surface area is 229 Å². The van der Waals surface area contributed by atoms with E-state index in [1.807, 2.05) is 37.3 Å². The summed E-state index contributed by atoms with van der Waals surface area (Å²) in [6.45, 7) is 5.08. The van der Waals surface area contributed by atoms with Crippen molar-refractivity contribution < 1.29 is 33.0 Å². The Morgan fingerprint density at radius 3 is 2.49 bits per heavy atom. The summed E-state index contributed by atoms with van der Waals surface area (Å²) in [6, 6.07) is 9.57. The Hall–Kier alpha value is -3.12. The lowest BCUT2D eigenvalue weighted by Gasteiger charge is -2.26. The topological polar surface area (TPSA) is 153 Å². The Morgan fingerprint density at radius 2 is 1.92 bits per heavy atom. The summed E-state index contributed by atoms with van der Waals surface area (Å²) in [7, 11) is 1.56. The first-order chi connectivity index (χ1) is 18.4. The number of furan rings is 1. The molecule has 210 valence electrons. The van der Waals surface area contributed by atoms with Crippen molar-refractivity contribution in [3.05, 3.63) is 52.7 Å². The van der Waals surface area contributed by atoms with Crippen molar-refractivity contribution in [2.24, 2.45) is 5.41 Å². The van der Waals surface area contributed by atoms with Gasteiger partial charge in [0.05, 0.1) is 34.7 Å². The van der Waals surface area contributed by atoms with Gasteiger partial charge < -0.3 is 19.9 Å². The molecule has 2 aromatic heterocycles. The fraction of sp³-hybridized carbons (Fsp3) is 0.464. The molecule has 1 amide bonds. The molecule has 39 heavy (non-hydrogen) atoms. The minimum absolute atomic E-state index is 0.0547. The van der Waals surface area contributed by atoms with E-state index < -0.39 is 28.8 Å². The van der Waals surface area contributed by atoms with Crippen molar-refractivity contribution in [3.8, 4) is 11.3 Å². The molecule has 1 aliphatic carbocycles. The highest BCUT2D eigenvalue weighted by atomic mass is 32.2. The lowest BCUT2D eigenvalue weighted by Crippen LogP contribution is -2.37. The first-order valence-electron chi connectivity index (χ1n) is 13.0. The van der Waals surface area contributed by atoms with Crippen molar-refractivity contribution in [2.45, 2.75) is 65.0 Å². The van der Waals surface area contributed by atoms with Gasteiger partial charge in [-0.2, -0.15) is 4.31 Å². The number of aryl methyl sites for hydroxylation is 1. The summed E-state index contributed by atoms with van der Waals surface area (Å²) in [5.74, 6) is -0.752. The van der Waals surface area contributed by atoms with E-state index in [2.05, 4.69) is 5.32 Å². The Bertz CT molecular complexity index is 1400. The van der Waals surface area contributed by atoms with Crippen LogP contribution in [-0.4, -0.2) is 59.8 Å². The second kappa shape index (κ2) is 11.5. The van der Waals surface area contributed by atoms with Crippen molar-refractivity contribution in [1.82, 2.24) is 14.6 Å². The van der Waals surface area contributed by atoms with Crippen LogP contribution < -0.4 is 5.32 Å². The summed E-state index contributed by atoms with van der Waals surface area (Å²) in [6.07, 6.45) is 1.27. The number of benzene rings is 1. The molecule has 2 atom stereocenters. The molecule has 10 nitrogen and oxygen atoms in total. The number of aromatic nitrogens is 1. The maximum absolute atomic E-state index is 12.9. The van der Waals surface area contributed by atoms with E-state index in [1.165, 1.54) is 18.2 Å². The number of aliphatic hydroxyl groups excluding tert-OH is 1. The fourth-order valence-electron chi connectivity index (χ4n) is 4.55. The summed E-state index contributed by atoms with van der Waals surface area (Å²) >= 11 is -2.32. The van der Waals surface area contributed by atoms with Crippen LogP contribution in [0.15, 0.2) is 34.7 Å². The number of pyridine rings is 1. The minimum Gasteiger partial charge on any atom is -0.481 e. The molecule has 1 aliphatic rings. The molecule has 3 aromatic rings. The van der Waals surface area contributed by atoms with Crippen LogP contribution >= 0.6 is 0 Å². The summed E-state index contributed by atoms with van der Waals surface area (Å²) in [4.78, 5) is 29.1. The number of amides is 1. The third kappa shape index (κ3) is 6.22. The number of nitrogens with one attached hydrogen (secondary N) is 1. The first-order valence-corrected chi connectivity index (χ1v) is 14.0. The molecule has 0 saturated heterocycles. The van der Waals surface area contributed by atoms with Crippen LogP contribution in [0.25, 0.3) is 22.4 Å². The zero-order valence-electron chi connectivity index (χ0n) is 22.6. The highest BCUT2D eigenvalue weighted by Crippen LogP contribution is 2.44. The van der Waals surface area contributed by atoms with Crippen LogP contribution in [0.4, 0.5) is 0 Å². The normalized spacial score (nSPS) is 15.5. The number of carbonyl (C=O) groups excluding carboxylic acids is 1. The number of aliphatic hydroxyl groups is 1. The number of carbonyl (C=O) groups is 2. The number of hydrogen-bond acceptors (Lipinski definition) is 6.